The lowest BCUT2D eigenvalue weighted by Gasteiger charge is -2.40. The SMILES string of the molecule is CC(=O)c1ccc2c(c1)CCN(CCC1(NC(=O)c3cccc(C4(C)N=CON4)c3)CCCCC1)CC2. The van der Waals surface area contributed by atoms with Gasteiger partial charge in [-0.15, -0.1) is 5.48 Å². The summed E-state index contributed by atoms with van der Waals surface area (Å²) < 4.78 is 0. The molecule has 3 aliphatic rings. The van der Waals surface area contributed by atoms with Crippen molar-refractivity contribution in [2.24, 2.45) is 4.99 Å². The molecule has 0 bridgehead atoms. The van der Waals surface area contributed by atoms with Gasteiger partial charge in [-0.3, -0.25) is 9.59 Å². The second kappa shape index (κ2) is 10.8. The number of nitrogens with zero attached hydrogens (tertiary/aromatic N) is 2. The number of hydrogen-bond acceptors (Lipinski definition) is 6. The number of hydrogen-bond donors (Lipinski definition) is 2. The molecule has 2 aliphatic heterocycles. The van der Waals surface area contributed by atoms with Gasteiger partial charge in [-0.2, -0.15) is 0 Å². The van der Waals surface area contributed by atoms with Crippen LogP contribution in [0.3, 0.4) is 0 Å². The Kier molecular flexibility index (Phi) is 7.45. The lowest BCUT2D eigenvalue weighted by atomic mass is 9.79. The summed E-state index contributed by atoms with van der Waals surface area (Å²) in [4.78, 5) is 37.3. The van der Waals surface area contributed by atoms with Crippen LogP contribution in [0.4, 0.5) is 0 Å². The van der Waals surface area contributed by atoms with Gasteiger partial charge in [0, 0.05) is 36.3 Å². The molecule has 1 atom stereocenters. The number of nitrogens with one attached hydrogen (secondary N) is 2. The molecule has 1 fully saturated rings. The number of aliphatic imine (C=N–C) groups is 1. The first-order valence-corrected chi connectivity index (χ1v) is 13.6. The van der Waals surface area contributed by atoms with Crippen LogP contribution >= 0.6 is 0 Å². The first kappa shape index (κ1) is 25.6. The van der Waals surface area contributed by atoms with Crippen molar-refractivity contribution in [2.45, 2.75) is 76.4 Å². The molecule has 2 aromatic carbocycles. The number of hydroxylamine groups is 1. The van der Waals surface area contributed by atoms with E-state index in [4.69, 9.17) is 4.84 Å². The summed E-state index contributed by atoms with van der Waals surface area (Å²) in [5, 5.41) is 3.48. The predicted octanol–water partition coefficient (Wildman–Crippen LogP) is 4.55. The van der Waals surface area contributed by atoms with Gasteiger partial charge in [0.15, 0.2) is 17.8 Å². The van der Waals surface area contributed by atoms with Crippen molar-refractivity contribution >= 4 is 18.1 Å². The molecule has 0 radical (unpaired) electrons. The topological polar surface area (TPSA) is 83.0 Å². The van der Waals surface area contributed by atoms with Crippen molar-refractivity contribution in [1.82, 2.24) is 15.7 Å². The van der Waals surface area contributed by atoms with E-state index in [0.29, 0.717) is 5.56 Å². The van der Waals surface area contributed by atoms with Gasteiger partial charge in [0.1, 0.15) is 0 Å². The zero-order chi connectivity index (χ0) is 25.9. The summed E-state index contributed by atoms with van der Waals surface area (Å²) in [7, 11) is 0. The van der Waals surface area contributed by atoms with Crippen LogP contribution in [0.15, 0.2) is 47.5 Å². The minimum absolute atomic E-state index is 0.0183. The van der Waals surface area contributed by atoms with E-state index in [0.717, 1.165) is 75.7 Å². The van der Waals surface area contributed by atoms with Gasteiger partial charge in [0.25, 0.3) is 5.91 Å². The minimum atomic E-state index is -0.686. The number of ketones is 1. The maximum atomic E-state index is 13.5. The van der Waals surface area contributed by atoms with Gasteiger partial charge in [-0.25, -0.2) is 4.99 Å². The number of carbonyl (C=O) groups is 2. The Labute approximate surface area is 219 Å². The molecule has 37 heavy (non-hydrogen) atoms. The third-order valence-corrected chi connectivity index (χ3v) is 8.41. The summed E-state index contributed by atoms with van der Waals surface area (Å²) in [6.07, 6.45) is 9.87. The molecule has 0 spiro atoms. The lowest BCUT2D eigenvalue weighted by molar-refractivity contribution is 0.0843. The van der Waals surface area contributed by atoms with Crippen molar-refractivity contribution in [2.75, 3.05) is 19.6 Å². The van der Waals surface area contributed by atoms with Crippen LogP contribution in [0, 0.1) is 0 Å². The molecule has 1 saturated carbocycles. The molecule has 5 rings (SSSR count). The number of amides is 1. The molecule has 2 N–H and O–H groups in total. The summed E-state index contributed by atoms with van der Waals surface area (Å²) in [6, 6.07) is 13.8. The first-order valence-electron chi connectivity index (χ1n) is 13.6. The highest BCUT2D eigenvalue weighted by Crippen LogP contribution is 2.33. The Balaban J connectivity index is 1.25. The van der Waals surface area contributed by atoms with Gasteiger partial charge in [0.05, 0.1) is 0 Å². The Morgan fingerprint density at radius 1 is 1.03 bits per heavy atom. The highest BCUT2D eigenvalue weighted by atomic mass is 16.7. The van der Waals surface area contributed by atoms with E-state index in [-0.39, 0.29) is 17.2 Å². The normalized spacial score (nSPS) is 23.1. The average Bonchev–Trinajstić information content (AvgIpc) is 3.26. The molecule has 1 amide bonds. The van der Waals surface area contributed by atoms with Crippen LogP contribution in [0.1, 0.15) is 89.8 Å². The van der Waals surface area contributed by atoms with Crippen molar-refractivity contribution in [3.8, 4) is 0 Å². The van der Waals surface area contributed by atoms with Crippen LogP contribution < -0.4 is 10.8 Å². The zero-order valence-electron chi connectivity index (χ0n) is 22.0. The van der Waals surface area contributed by atoms with E-state index in [1.165, 1.54) is 23.9 Å². The van der Waals surface area contributed by atoms with E-state index >= 15 is 0 Å². The molecule has 1 unspecified atom stereocenters. The number of fused-ring (bicyclic) bond motifs is 1. The quantitative estimate of drug-likeness (QED) is 0.543. The summed E-state index contributed by atoms with van der Waals surface area (Å²) in [5.41, 5.74) is 7.05. The average molecular weight is 503 g/mol. The zero-order valence-corrected chi connectivity index (χ0v) is 22.0. The number of Topliss-reactive ketones (excluding diaryl/α,β-unsaturated/α-hetero) is 1. The van der Waals surface area contributed by atoms with Gasteiger partial charge in [-0.1, -0.05) is 43.5 Å². The van der Waals surface area contributed by atoms with Crippen molar-refractivity contribution < 1.29 is 14.4 Å². The smallest absolute Gasteiger partial charge is 0.251 e. The minimum Gasteiger partial charge on any atom is -0.394 e. The molecule has 7 heteroatoms. The number of benzene rings is 2. The maximum absolute atomic E-state index is 13.5. The van der Waals surface area contributed by atoms with E-state index in [2.05, 4.69) is 32.8 Å². The Bertz CT molecular complexity index is 1190. The summed E-state index contributed by atoms with van der Waals surface area (Å²) in [5.74, 6) is 0.106. The molecular weight excluding hydrogens is 464 g/mol. The molecule has 0 aromatic heterocycles. The summed E-state index contributed by atoms with van der Waals surface area (Å²) in [6.45, 7) is 6.51. The second-order valence-electron chi connectivity index (χ2n) is 11.0. The first-order chi connectivity index (χ1) is 17.9. The molecule has 7 nitrogen and oxygen atoms in total. The van der Waals surface area contributed by atoms with E-state index in [9.17, 15) is 9.59 Å². The van der Waals surface area contributed by atoms with Crippen LogP contribution in [0.2, 0.25) is 0 Å². The van der Waals surface area contributed by atoms with E-state index in [1.54, 1.807) is 6.92 Å². The largest absolute Gasteiger partial charge is 0.394 e. The Morgan fingerprint density at radius 2 is 1.81 bits per heavy atom. The molecule has 2 heterocycles. The Hall–Kier alpha value is -3.03. The van der Waals surface area contributed by atoms with Gasteiger partial charge < -0.3 is 15.1 Å². The highest BCUT2D eigenvalue weighted by molar-refractivity contribution is 5.95. The van der Waals surface area contributed by atoms with Crippen molar-refractivity contribution in [3.63, 3.8) is 0 Å². The summed E-state index contributed by atoms with van der Waals surface area (Å²) >= 11 is 0. The predicted molar refractivity (Wildman–Crippen MR) is 145 cm³/mol. The van der Waals surface area contributed by atoms with E-state index in [1.807, 2.05) is 37.3 Å². The second-order valence-corrected chi connectivity index (χ2v) is 11.0. The monoisotopic (exact) mass is 502 g/mol. The van der Waals surface area contributed by atoms with Crippen LogP contribution in [-0.4, -0.2) is 48.2 Å². The fourth-order valence-electron chi connectivity index (χ4n) is 5.96. The molecule has 1 aliphatic carbocycles. The number of rotatable bonds is 7. The van der Waals surface area contributed by atoms with Crippen LogP contribution in [-0.2, 0) is 23.3 Å². The fraction of sp³-hybridized carbons (Fsp3) is 0.500. The fourth-order valence-corrected chi connectivity index (χ4v) is 5.96. The van der Waals surface area contributed by atoms with Gasteiger partial charge >= 0.3 is 0 Å². The molecule has 2 aromatic rings. The molecule has 0 saturated heterocycles. The standard InChI is InChI=1S/C30H38N4O3/c1-22(35)24-10-9-23-11-16-34(17-12-25(23)19-24)18-15-30(13-4-3-5-14-30)32-28(36)26-7-6-8-27(20-26)29(2)31-21-37-33-29/h6-10,19-21,33H,3-5,11-18H2,1-2H3,(H,32,36). The third kappa shape index (κ3) is 5.78. The maximum Gasteiger partial charge on any atom is 0.251 e. The Morgan fingerprint density at radius 3 is 2.54 bits per heavy atom. The van der Waals surface area contributed by atoms with Crippen molar-refractivity contribution in [3.05, 3.63) is 70.3 Å². The van der Waals surface area contributed by atoms with Crippen LogP contribution in [0.25, 0.3) is 0 Å². The van der Waals surface area contributed by atoms with Gasteiger partial charge in [0.2, 0.25) is 0 Å². The molecular formula is C30H38N4O3. The van der Waals surface area contributed by atoms with Gasteiger partial charge in [-0.05, 0) is 80.8 Å². The highest BCUT2D eigenvalue weighted by Gasteiger charge is 2.35. The number of carbonyl (C=O) groups excluding carboxylic acids is 2. The molecule has 196 valence electrons. The van der Waals surface area contributed by atoms with Crippen molar-refractivity contribution in [1.29, 1.82) is 0 Å². The third-order valence-electron chi connectivity index (χ3n) is 8.41. The van der Waals surface area contributed by atoms with Crippen LogP contribution in [0.5, 0.6) is 0 Å². The lowest BCUT2D eigenvalue weighted by Crippen LogP contribution is -2.51. The van der Waals surface area contributed by atoms with E-state index < -0.39 is 5.66 Å².